The van der Waals surface area contributed by atoms with Crippen molar-refractivity contribution in [2.24, 2.45) is 0 Å². The third kappa shape index (κ3) is 1.19. The van der Waals surface area contributed by atoms with Crippen molar-refractivity contribution in [3.05, 3.63) is 15.5 Å². The van der Waals surface area contributed by atoms with Gasteiger partial charge in [-0.3, -0.25) is 0 Å². The van der Waals surface area contributed by atoms with Crippen molar-refractivity contribution in [2.75, 3.05) is 5.73 Å². The van der Waals surface area contributed by atoms with Crippen molar-refractivity contribution in [3.63, 3.8) is 0 Å². The number of anilines is 1. The van der Waals surface area contributed by atoms with Crippen LogP contribution in [0.3, 0.4) is 0 Å². The van der Waals surface area contributed by atoms with Gasteiger partial charge in [-0.25, -0.2) is 9.97 Å². The van der Waals surface area contributed by atoms with E-state index in [-0.39, 0.29) is 0 Å². The maximum Gasteiger partial charge on any atom is 0.221 e. The Balaban J connectivity index is 2.88. The zero-order chi connectivity index (χ0) is 8.72. The van der Waals surface area contributed by atoms with Crippen LogP contribution < -0.4 is 5.73 Å². The Bertz CT molecular complexity index is 437. The van der Waals surface area contributed by atoms with E-state index in [2.05, 4.69) is 25.9 Å². The molecule has 2 aromatic rings. The number of hydrogen-bond acceptors (Lipinski definition) is 4. The molecule has 0 aromatic carbocycles. The van der Waals surface area contributed by atoms with Gasteiger partial charge in [-0.1, -0.05) is 0 Å². The van der Waals surface area contributed by atoms with Crippen LogP contribution in [0.2, 0.25) is 0 Å². The first-order valence-corrected chi connectivity index (χ1v) is 4.97. The highest BCUT2D eigenvalue weighted by Gasteiger charge is 2.05. The van der Waals surface area contributed by atoms with Gasteiger partial charge in [0, 0.05) is 5.39 Å². The van der Waals surface area contributed by atoms with Gasteiger partial charge in [0.15, 0.2) is 0 Å². The van der Waals surface area contributed by atoms with Crippen LogP contribution in [0.4, 0.5) is 5.95 Å². The molecule has 0 fully saturated rings. The highest BCUT2D eigenvalue weighted by molar-refractivity contribution is 9.11. The molecule has 0 spiro atoms. The average Bonchev–Trinajstić information content (AvgIpc) is 2.29. The lowest BCUT2D eigenvalue weighted by molar-refractivity contribution is 1.18. The molecule has 0 saturated carbocycles. The molecule has 0 atom stereocenters. The molecule has 0 aliphatic heterocycles. The molecule has 3 nitrogen and oxygen atoms in total. The molecule has 2 N–H and O–H groups in total. The van der Waals surface area contributed by atoms with Crippen molar-refractivity contribution < 1.29 is 0 Å². The summed E-state index contributed by atoms with van der Waals surface area (Å²) in [5, 5.41) is 1.07. The Hall–Kier alpha value is -0.680. The van der Waals surface area contributed by atoms with Gasteiger partial charge in [0.05, 0.1) is 9.48 Å². The van der Waals surface area contributed by atoms with E-state index in [0.29, 0.717) is 5.95 Å². The van der Waals surface area contributed by atoms with E-state index in [1.165, 1.54) is 0 Å². The summed E-state index contributed by atoms with van der Waals surface area (Å²) in [6.45, 7) is 1.93. The van der Waals surface area contributed by atoms with Gasteiger partial charge in [-0.15, -0.1) is 11.3 Å². The summed E-state index contributed by atoms with van der Waals surface area (Å²) in [5.74, 6) is 0.342. The molecule has 62 valence electrons. The molecule has 0 bridgehead atoms. The number of nitrogens with zero attached hydrogens (tertiary/aromatic N) is 2. The maximum absolute atomic E-state index is 5.50. The Kier molecular flexibility index (Phi) is 1.77. The fraction of sp³-hybridized carbons (Fsp3) is 0.143. The molecule has 0 aliphatic rings. The smallest absolute Gasteiger partial charge is 0.221 e. The molecule has 0 radical (unpaired) electrons. The largest absolute Gasteiger partial charge is 0.368 e. The number of halogens is 1. The second-order valence-corrected chi connectivity index (χ2v) is 4.85. The first-order valence-electron chi connectivity index (χ1n) is 3.36. The van der Waals surface area contributed by atoms with Crippen LogP contribution in [0, 0.1) is 6.92 Å². The number of hydrogen-bond donors (Lipinski definition) is 1. The number of nitrogens with two attached hydrogens (primary N) is 1. The van der Waals surface area contributed by atoms with Gasteiger partial charge in [0.25, 0.3) is 0 Å². The molecular formula is C7H6BrN3S. The van der Waals surface area contributed by atoms with Crippen LogP contribution in [0.5, 0.6) is 0 Å². The SMILES string of the molecule is Cc1nc(N)nc2sc(Br)cc12. The molecule has 0 aliphatic carbocycles. The van der Waals surface area contributed by atoms with Gasteiger partial charge >= 0.3 is 0 Å². The molecule has 0 saturated heterocycles. The summed E-state index contributed by atoms with van der Waals surface area (Å²) < 4.78 is 1.06. The zero-order valence-corrected chi connectivity index (χ0v) is 8.74. The summed E-state index contributed by atoms with van der Waals surface area (Å²) in [4.78, 5) is 9.12. The first-order chi connectivity index (χ1) is 5.66. The lowest BCUT2D eigenvalue weighted by Crippen LogP contribution is -1.95. The quantitative estimate of drug-likeness (QED) is 0.773. The van der Waals surface area contributed by atoms with Gasteiger partial charge in [-0.2, -0.15) is 0 Å². The molecule has 2 rings (SSSR count). The number of aromatic nitrogens is 2. The van der Waals surface area contributed by atoms with Crippen LogP contribution in [0.1, 0.15) is 5.69 Å². The fourth-order valence-electron chi connectivity index (χ4n) is 1.06. The Morgan fingerprint density at radius 1 is 1.50 bits per heavy atom. The number of rotatable bonds is 0. The van der Waals surface area contributed by atoms with Crippen molar-refractivity contribution >= 4 is 43.4 Å². The lowest BCUT2D eigenvalue weighted by atomic mass is 10.3. The van der Waals surface area contributed by atoms with E-state index in [0.717, 1.165) is 19.7 Å². The lowest BCUT2D eigenvalue weighted by Gasteiger charge is -1.95. The van der Waals surface area contributed by atoms with Crippen LogP contribution in [-0.2, 0) is 0 Å². The Labute approximate surface area is 81.8 Å². The fourth-order valence-corrected chi connectivity index (χ4v) is 2.56. The molecule has 2 heterocycles. The van der Waals surface area contributed by atoms with E-state index in [9.17, 15) is 0 Å². The number of aryl methyl sites for hydroxylation is 1. The average molecular weight is 244 g/mol. The maximum atomic E-state index is 5.50. The molecular weight excluding hydrogens is 238 g/mol. The van der Waals surface area contributed by atoms with Crippen molar-refractivity contribution in [1.29, 1.82) is 0 Å². The van der Waals surface area contributed by atoms with Crippen LogP contribution >= 0.6 is 27.3 Å². The van der Waals surface area contributed by atoms with E-state index >= 15 is 0 Å². The summed E-state index contributed by atoms with van der Waals surface area (Å²) in [6, 6.07) is 2.01. The van der Waals surface area contributed by atoms with E-state index in [1.54, 1.807) is 11.3 Å². The minimum absolute atomic E-state index is 0.342. The molecule has 5 heteroatoms. The van der Waals surface area contributed by atoms with Crippen LogP contribution in [-0.4, -0.2) is 9.97 Å². The number of thiophene rings is 1. The molecule has 0 unspecified atom stereocenters. The van der Waals surface area contributed by atoms with Gasteiger partial charge in [0.2, 0.25) is 5.95 Å². The third-order valence-corrected chi connectivity index (χ3v) is 3.10. The zero-order valence-electron chi connectivity index (χ0n) is 6.34. The standard InChI is InChI=1S/C7H6BrN3S/c1-3-4-2-5(8)12-6(4)11-7(9)10-3/h2H,1H3,(H2,9,10,11). The van der Waals surface area contributed by atoms with Crippen molar-refractivity contribution in [3.8, 4) is 0 Å². The van der Waals surface area contributed by atoms with E-state index in [1.807, 2.05) is 13.0 Å². The first kappa shape index (κ1) is 7.94. The molecule has 2 aromatic heterocycles. The summed E-state index contributed by atoms with van der Waals surface area (Å²) >= 11 is 4.96. The van der Waals surface area contributed by atoms with Crippen molar-refractivity contribution in [2.45, 2.75) is 6.92 Å². The van der Waals surface area contributed by atoms with Gasteiger partial charge < -0.3 is 5.73 Å². The van der Waals surface area contributed by atoms with Gasteiger partial charge in [-0.05, 0) is 28.9 Å². The second kappa shape index (κ2) is 2.67. The van der Waals surface area contributed by atoms with Crippen LogP contribution in [0.25, 0.3) is 10.2 Å². The minimum Gasteiger partial charge on any atom is -0.368 e. The van der Waals surface area contributed by atoms with E-state index < -0.39 is 0 Å². The van der Waals surface area contributed by atoms with Crippen molar-refractivity contribution in [1.82, 2.24) is 9.97 Å². The van der Waals surface area contributed by atoms with Gasteiger partial charge in [0.1, 0.15) is 4.83 Å². The monoisotopic (exact) mass is 243 g/mol. The van der Waals surface area contributed by atoms with Crippen LogP contribution in [0.15, 0.2) is 9.85 Å². The Morgan fingerprint density at radius 2 is 2.25 bits per heavy atom. The summed E-state index contributed by atoms with van der Waals surface area (Å²) in [5.41, 5.74) is 6.43. The minimum atomic E-state index is 0.342. The second-order valence-electron chi connectivity index (χ2n) is 2.44. The predicted molar refractivity (Wildman–Crippen MR) is 54.3 cm³/mol. The topological polar surface area (TPSA) is 51.8 Å². The highest BCUT2D eigenvalue weighted by Crippen LogP contribution is 2.29. The number of fused-ring (bicyclic) bond motifs is 1. The molecule has 0 amide bonds. The summed E-state index contributed by atoms with van der Waals surface area (Å²) in [7, 11) is 0. The predicted octanol–water partition coefficient (Wildman–Crippen LogP) is 2.34. The third-order valence-electron chi connectivity index (χ3n) is 1.57. The van der Waals surface area contributed by atoms with E-state index in [4.69, 9.17) is 5.73 Å². The summed E-state index contributed by atoms with van der Waals surface area (Å²) in [6.07, 6.45) is 0. The number of nitrogen functional groups attached to an aromatic ring is 1. The normalized spacial score (nSPS) is 10.8. The Morgan fingerprint density at radius 3 is 3.00 bits per heavy atom. The molecule has 12 heavy (non-hydrogen) atoms. The highest BCUT2D eigenvalue weighted by atomic mass is 79.9.